The smallest absolute Gasteiger partial charge is 0.341 e. The number of aromatic amines is 2. The number of nitrogens with one attached hydrogen (secondary N) is 3. The number of hydrogen-bond acceptors (Lipinski definition) is 29. The summed E-state index contributed by atoms with van der Waals surface area (Å²) in [6, 6.07) is 29.1. The zero-order valence-corrected chi connectivity index (χ0v) is 87.5. The topological polar surface area (TPSA) is 452 Å². The van der Waals surface area contributed by atoms with Gasteiger partial charge in [-0.2, -0.15) is 34.2 Å². The molecule has 17 aromatic rings. The van der Waals surface area contributed by atoms with Crippen LogP contribution in [0.5, 0.6) is 0 Å². The van der Waals surface area contributed by atoms with Gasteiger partial charge in [-0.25, -0.2) is 63.0 Å². The number of nitriles is 4. The number of ether oxygens (including phenoxy) is 2. The first-order valence-electron chi connectivity index (χ1n) is 44.8. The fourth-order valence-electron chi connectivity index (χ4n) is 15.9. The summed E-state index contributed by atoms with van der Waals surface area (Å²) in [5.74, 6) is 12.5. The van der Waals surface area contributed by atoms with Crippen LogP contribution in [0.4, 0.5) is 22.0 Å². The first kappa shape index (κ1) is 109. The lowest BCUT2D eigenvalue weighted by atomic mass is 9.85. The third kappa shape index (κ3) is 25.0. The molecule has 2 aliphatic rings. The molecule has 19 rings (SSSR count). The van der Waals surface area contributed by atoms with Crippen LogP contribution < -0.4 is 27.6 Å². The number of H-pyrrole nitrogens is 2. The van der Waals surface area contributed by atoms with Crippen molar-refractivity contribution in [2.45, 2.75) is 137 Å². The van der Waals surface area contributed by atoms with Gasteiger partial charge in [-0.3, -0.25) is 48.2 Å². The summed E-state index contributed by atoms with van der Waals surface area (Å²) in [4.78, 5) is 137. The normalized spacial score (nSPS) is 12.7. The minimum Gasteiger partial charge on any atom is -0.478 e. The number of likely N-dealkylation sites (tertiary alicyclic amines) is 1. The van der Waals surface area contributed by atoms with Gasteiger partial charge in [0.05, 0.1) is 134 Å². The maximum absolute atomic E-state index is 14.1. The Labute approximate surface area is 884 Å². The van der Waals surface area contributed by atoms with Crippen LogP contribution in [0.25, 0.3) is 108 Å². The SMILES string of the molecule is CC(C)(C)OC(=O)c1csc2c(-c3cc(Cl)ccc3C#CCBr)ccnc12.CNC1CCN(C2CC(F)(F)C2)CC1.Cc1nc2cnc(Cl)c(C#N)c2c(=O)[nH]1.Cc1nc2cnc(F)c(C#N)c2c(=O)[nH]1.Cc1nc2cnc(F)c(C#N)c2c(=O)n1CC#Cc1ccc(Cl)cc1-c1ccnc2c(C(=O)O)csc12.Cc1nc2cnc(F)c(C#N)c2c(=O)n1CC#Cc1ccc(Cl)cc1-c1ccnc2c(C(=O)OC(C)(C)C)csc12. The van der Waals surface area contributed by atoms with E-state index < -0.39 is 74.7 Å². The van der Waals surface area contributed by atoms with Crippen LogP contribution in [0, 0.1) is 126 Å². The van der Waals surface area contributed by atoms with Crippen LogP contribution in [-0.2, 0) is 22.6 Å². The number of carbonyl (C=O) groups excluding carboxylic acids is 2. The van der Waals surface area contributed by atoms with Crippen LogP contribution in [0.2, 0.25) is 20.2 Å². The van der Waals surface area contributed by atoms with Gasteiger partial charge in [0.1, 0.15) is 86.2 Å². The molecule has 149 heavy (non-hydrogen) atoms. The van der Waals surface area contributed by atoms with Gasteiger partial charge in [0.2, 0.25) is 17.8 Å². The number of aryl methyl sites for hydroxylation is 4. The Hall–Kier alpha value is -15.6. The number of thiophene rings is 3. The molecule has 31 nitrogen and oxygen atoms in total. The van der Waals surface area contributed by atoms with Crippen LogP contribution in [0.3, 0.4) is 0 Å². The van der Waals surface area contributed by atoms with Crippen molar-refractivity contribution in [3.63, 3.8) is 0 Å². The van der Waals surface area contributed by atoms with Gasteiger partial charge >= 0.3 is 17.9 Å². The second-order valence-electron chi connectivity index (χ2n) is 35.1. The zero-order valence-electron chi connectivity index (χ0n) is 80.4. The van der Waals surface area contributed by atoms with E-state index in [0.717, 1.165) is 87.3 Å². The molecule has 4 N–H and O–H groups in total. The Morgan fingerprint density at radius 2 is 0.852 bits per heavy atom. The van der Waals surface area contributed by atoms with E-state index in [1.165, 1.54) is 60.9 Å². The lowest BCUT2D eigenvalue weighted by molar-refractivity contribution is -0.127. The highest BCUT2D eigenvalue weighted by Gasteiger charge is 2.48. The molecule has 0 radical (unpaired) electrons. The highest BCUT2D eigenvalue weighted by Crippen LogP contribution is 2.44. The number of carbonyl (C=O) groups is 3. The Bertz CT molecular complexity index is 8850. The van der Waals surface area contributed by atoms with E-state index in [9.17, 15) is 71.1 Å². The molecule has 15 heterocycles. The molecule has 14 aromatic heterocycles. The maximum atomic E-state index is 14.1. The second kappa shape index (κ2) is 46.6. The molecule has 0 amide bonds. The second-order valence-corrected chi connectivity index (χ2v) is 39.9. The van der Waals surface area contributed by atoms with Gasteiger partial charge in [-0.1, -0.05) is 97.9 Å². The standard InChI is InChI=1S/C30H21ClFN5O3S.C26H13ClFN5O3S.C21H17BrClNO2S.C10H18F2N2.C9H5ClN4O.C9H5FN4O/c1-16-36-23-14-35-27(32)21(13-33)24(23)28(38)37(16)11-5-6-17-7-8-18(31)12-20(17)19-9-10-34-25-22(15-41-26(19)25)29(39)40-30(2,3)4;1-13-32-20-11-31-24(28)18(10-29)21(20)25(34)33(13)8-2-3-14-4-5-15(27)9-17(14)16-6-7-30-22-19(26(35)36)12-37-23(16)22;1-21(2,3)26-20(25)17-12-27-19-15(8-10-24-18(17)19)16-11-14(23)7-6-13(16)5-4-9-22;1-13-8-2-4-14(5-3-8)9-6-10(11,12)7-9;2*1-4-13-6-3-12-8(10)5(2-11)7(6)9(15)14-4/h7-10,12,14-15H,11H2,1-4H3;4-7,9,11-12H,8H2,1H3,(H,35,36);6-8,10-12H,9H2,1-3H3;8-9,13H,2-7H2,1H3;2*3H,1H3,(H,13,14,15). The van der Waals surface area contributed by atoms with Crippen molar-refractivity contribution >= 4 is 189 Å². The Balaban J connectivity index is 0.000000148. The summed E-state index contributed by atoms with van der Waals surface area (Å²) in [6.07, 6.45) is 11.9. The van der Waals surface area contributed by atoms with E-state index in [4.69, 9.17) is 66.4 Å². The highest BCUT2D eigenvalue weighted by molar-refractivity contribution is 9.09. The number of alkyl halides is 3. The molecule has 0 atom stereocenters. The van der Waals surface area contributed by atoms with E-state index in [0.29, 0.717) is 104 Å². The van der Waals surface area contributed by atoms with Crippen molar-refractivity contribution in [2.24, 2.45) is 0 Å². The summed E-state index contributed by atoms with van der Waals surface area (Å²) < 4.78 is 82.4. The number of carboxylic acid groups (broad SMARTS) is 1. The van der Waals surface area contributed by atoms with Crippen molar-refractivity contribution in [1.82, 2.24) is 84.1 Å². The van der Waals surface area contributed by atoms with E-state index in [2.05, 4.69) is 126 Å². The molecular weight excluding hydrogens is 2130 g/mol. The number of carboxylic acids is 1. The summed E-state index contributed by atoms with van der Waals surface area (Å²) >= 11 is 32.0. The molecule has 0 bridgehead atoms. The van der Waals surface area contributed by atoms with E-state index in [1.54, 1.807) is 132 Å². The molecule has 3 aromatic carbocycles. The average Bonchev–Trinajstić information content (AvgIpc) is 1.76. The van der Waals surface area contributed by atoms with Crippen LogP contribution in [-0.4, -0.2) is 157 Å². The molecule has 0 unspecified atom stereocenters. The monoisotopic (exact) mass is 2200 g/mol. The number of hydrogen-bond donors (Lipinski definition) is 4. The molecule has 0 spiro atoms. The molecule has 1 aliphatic carbocycles. The Morgan fingerprint density at radius 1 is 0.503 bits per heavy atom. The number of benzene rings is 3. The molecule has 1 saturated carbocycles. The minimum atomic E-state index is -2.37. The fraction of sp³-hybridized carbons (Fsp3) is 0.238. The number of fused-ring (bicyclic) bond motifs is 7. The van der Waals surface area contributed by atoms with Gasteiger partial charge < -0.3 is 29.9 Å². The first-order valence-corrected chi connectivity index (χ1v) is 50.0. The molecule has 2 fully saturated rings. The number of nitrogens with zero attached hydrogens (tertiary/aromatic N) is 18. The predicted molar refractivity (Wildman–Crippen MR) is 564 cm³/mol. The number of pyridine rings is 7. The summed E-state index contributed by atoms with van der Waals surface area (Å²) in [5, 5.41) is 56.0. The van der Waals surface area contributed by atoms with Gasteiger partial charge in [0, 0.05) is 125 Å². The van der Waals surface area contributed by atoms with Crippen molar-refractivity contribution < 1.29 is 50.9 Å². The van der Waals surface area contributed by atoms with Crippen molar-refractivity contribution in [3.8, 4) is 93.2 Å². The van der Waals surface area contributed by atoms with E-state index in [-0.39, 0.29) is 103 Å². The zero-order chi connectivity index (χ0) is 108. The van der Waals surface area contributed by atoms with Gasteiger partial charge in [-0.15, -0.1) is 34.0 Å². The number of halogens is 10. The van der Waals surface area contributed by atoms with Gasteiger partial charge in [-0.05, 0) is 175 Å². The van der Waals surface area contributed by atoms with Gasteiger partial charge in [0.25, 0.3) is 28.2 Å². The third-order valence-electron chi connectivity index (χ3n) is 22.8. The lowest BCUT2D eigenvalue weighted by Gasteiger charge is -2.45. The predicted octanol–water partition coefficient (Wildman–Crippen LogP) is 20.4. The summed E-state index contributed by atoms with van der Waals surface area (Å²) in [6.45, 7) is 19.3. The molecule has 1 aliphatic heterocycles. The fourth-order valence-corrected chi connectivity index (χ4v) is 19.8. The summed E-state index contributed by atoms with van der Waals surface area (Å²) in [5.41, 5.74) is 5.64. The average molecular weight is 2210 g/mol. The number of piperidine rings is 1. The van der Waals surface area contributed by atoms with Crippen molar-refractivity contribution in [2.75, 3.05) is 25.5 Å². The molecule has 44 heteroatoms. The largest absolute Gasteiger partial charge is 0.478 e. The maximum Gasteiger partial charge on any atom is 0.341 e. The number of aromatic nitrogens is 15. The number of esters is 2. The first-order chi connectivity index (χ1) is 70.9. The molecular formula is C105H79BrCl4F5N21O10S3. The number of rotatable bonds is 10. The van der Waals surface area contributed by atoms with Crippen molar-refractivity contribution in [3.05, 3.63) is 291 Å². The summed E-state index contributed by atoms with van der Waals surface area (Å²) in [7, 11) is 1.97. The Morgan fingerprint density at radius 3 is 1.21 bits per heavy atom. The van der Waals surface area contributed by atoms with Crippen LogP contribution >= 0.6 is 96.3 Å². The lowest BCUT2D eigenvalue weighted by Crippen LogP contribution is -2.54. The van der Waals surface area contributed by atoms with E-state index >= 15 is 0 Å². The van der Waals surface area contributed by atoms with Crippen molar-refractivity contribution in [1.29, 1.82) is 21.0 Å². The van der Waals surface area contributed by atoms with E-state index in [1.807, 2.05) is 64.2 Å². The van der Waals surface area contributed by atoms with Crippen LogP contribution in [0.1, 0.15) is 161 Å². The third-order valence-corrected chi connectivity index (χ3v) is 27.0. The van der Waals surface area contributed by atoms with Crippen LogP contribution in [0.15, 0.2) is 151 Å². The quantitative estimate of drug-likeness (QED) is 0.0325. The number of aromatic carboxylic acids is 1. The highest BCUT2D eigenvalue weighted by atomic mass is 79.9. The molecule has 752 valence electrons. The molecule has 1 saturated heterocycles. The van der Waals surface area contributed by atoms with Gasteiger partial charge in [0.15, 0.2) is 0 Å². The minimum absolute atomic E-state index is 0.0150. The Kier molecular flexibility index (Phi) is 34.2.